The average Bonchev–Trinajstić information content (AvgIpc) is 2.90. The molecule has 1 aliphatic heterocycles. The van der Waals surface area contributed by atoms with E-state index in [4.69, 9.17) is 5.73 Å². The lowest BCUT2D eigenvalue weighted by atomic mass is 9.94. The smallest absolute Gasteiger partial charge is 0.220 e. The molecule has 1 unspecified atom stereocenters. The van der Waals surface area contributed by atoms with E-state index in [0.717, 1.165) is 32.5 Å². The van der Waals surface area contributed by atoms with Crippen molar-refractivity contribution in [3.8, 4) is 0 Å². The van der Waals surface area contributed by atoms with E-state index >= 15 is 0 Å². The fourth-order valence-electron chi connectivity index (χ4n) is 2.86. The number of amides is 1. The second-order valence-corrected chi connectivity index (χ2v) is 5.67. The van der Waals surface area contributed by atoms with Crippen LogP contribution in [0.4, 0.5) is 0 Å². The van der Waals surface area contributed by atoms with E-state index in [1.165, 1.54) is 38.8 Å². The van der Waals surface area contributed by atoms with Crippen LogP contribution >= 0.6 is 0 Å². The first-order valence-electron chi connectivity index (χ1n) is 7.95. The first kappa shape index (κ1) is 16.4. The molecular weight excluding hydrogens is 238 g/mol. The van der Waals surface area contributed by atoms with Crippen LogP contribution in [0, 0.1) is 5.92 Å². The third-order valence-corrected chi connectivity index (χ3v) is 4.00. The zero-order valence-electron chi connectivity index (χ0n) is 12.5. The largest absolute Gasteiger partial charge is 0.355 e. The lowest BCUT2D eigenvalue weighted by Crippen LogP contribution is -2.33. The van der Waals surface area contributed by atoms with E-state index in [1.54, 1.807) is 0 Å². The molecule has 112 valence electrons. The predicted octanol–water partition coefficient (Wildman–Crippen LogP) is 1.74. The van der Waals surface area contributed by atoms with Gasteiger partial charge in [-0.3, -0.25) is 4.79 Å². The van der Waals surface area contributed by atoms with Crippen LogP contribution in [0.1, 0.15) is 51.9 Å². The van der Waals surface area contributed by atoms with Gasteiger partial charge in [-0.15, -0.1) is 0 Å². The van der Waals surface area contributed by atoms with Gasteiger partial charge in [0.25, 0.3) is 0 Å². The number of nitrogens with zero attached hydrogens (tertiary/aromatic N) is 1. The van der Waals surface area contributed by atoms with Gasteiger partial charge in [-0.1, -0.05) is 19.8 Å². The molecule has 4 heteroatoms. The van der Waals surface area contributed by atoms with Crippen LogP contribution in [0.25, 0.3) is 0 Å². The van der Waals surface area contributed by atoms with Crippen LogP contribution in [-0.2, 0) is 4.79 Å². The van der Waals surface area contributed by atoms with Crippen molar-refractivity contribution in [1.82, 2.24) is 10.2 Å². The summed E-state index contributed by atoms with van der Waals surface area (Å²) >= 11 is 0. The van der Waals surface area contributed by atoms with Crippen LogP contribution in [0.3, 0.4) is 0 Å². The van der Waals surface area contributed by atoms with Crippen LogP contribution in [0.2, 0.25) is 0 Å². The van der Waals surface area contributed by atoms with E-state index in [9.17, 15) is 4.79 Å². The zero-order valence-corrected chi connectivity index (χ0v) is 12.5. The molecule has 0 bridgehead atoms. The average molecular weight is 269 g/mol. The third-order valence-electron chi connectivity index (χ3n) is 4.00. The molecule has 0 aromatic carbocycles. The molecule has 1 saturated heterocycles. The van der Waals surface area contributed by atoms with Crippen molar-refractivity contribution in [3.63, 3.8) is 0 Å². The second-order valence-electron chi connectivity index (χ2n) is 5.67. The molecule has 0 saturated carbocycles. The summed E-state index contributed by atoms with van der Waals surface area (Å²) in [5.74, 6) is 0.830. The Morgan fingerprint density at radius 2 is 2.00 bits per heavy atom. The Kier molecular flexibility index (Phi) is 8.84. The van der Waals surface area contributed by atoms with Crippen molar-refractivity contribution in [1.29, 1.82) is 0 Å². The molecule has 3 N–H and O–H groups in total. The Morgan fingerprint density at radius 3 is 2.63 bits per heavy atom. The van der Waals surface area contributed by atoms with Crippen molar-refractivity contribution in [3.05, 3.63) is 0 Å². The minimum absolute atomic E-state index is 0.206. The Morgan fingerprint density at radius 1 is 1.26 bits per heavy atom. The number of carbonyl (C=O) groups is 1. The van der Waals surface area contributed by atoms with E-state index in [0.29, 0.717) is 12.3 Å². The van der Waals surface area contributed by atoms with Gasteiger partial charge in [0, 0.05) is 19.5 Å². The van der Waals surface area contributed by atoms with Gasteiger partial charge in [0.15, 0.2) is 0 Å². The number of hydrogen-bond donors (Lipinski definition) is 2. The highest BCUT2D eigenvalue weighted by atomic mass is 16.1. The summed E-state index contributed by atoms with van der Waals surface area (Å²) < 4.78 is 0. The van der Waals surface area contributed by atoms with Gasteiger partial charge in [-0.05, 0) is 51.2 Å². The first-order chi connectivity index (χ1) is 9.26. The molecule has 1 amide bonds. The van der Waals surface area contributed by atoms with E-state index in [-0.39, 0.29) is 5.91 Å². The zero-order chi connectivity index (χ0) is 13.9. The monoisotopic (exact) mass is 269 g/mol. The maximum absolute atomic E-state index is 11.8. The number of likely N-dealkylation sites (tertiary alicyclic amines) is 1. The molecule has 0 aromatic heterocycles. The van der Waals surface area contributed by atoms with Crippen LogP contribution in [-0.4, -0.2) is 43.5 Å². The minimum atomic E-state index is 0.206. The molecule has 4 nitrogen and oxygen atoms in total. The summed E-state index contributed by atoms with van der Waals surface area (Å²) in [4.78, 5) is 14.2. The van der Waals surface area contributed by atoms with Crippen molar-refractivity contribution in [2.24, 2.45) is 11.7 Å². The summed E-state index contributed by atoms with van der Waals surface area (Å²) in [5.41, 5.74) is 5.61. The Hall–Kier alpha value is -0.610. The molecule has 0 spiro atoms. The molecule has 0 aliphatic carbocycles. The Balaban J connectivity index is 2.05. The quantitative estimate of drug-likeness (QED) is 0.635. The summed E-state index contributed by atoms with van der Waals surface area (Å²) in [6, 6.07) is 0. The molecule has 19 heavy (non-hydrogen) atoms. The van der Waals surface area contributed by atoms with Crippen molar-refractivity contribution in [2.75, 3.05) is 32.7 Å². The maximum atomic E-state index is 11.8. The van der Waals surface area contributed by atoms with Gasteiger partial charge in [0.2, 0.25) is 5.91 Å². The van der Waals surface area contributed by atoms with Gasteiger partial charge in [0.05, 0.1) is 0 Å². The highest BCUT2D eigenvalue weighted by Crippen LogP contribution is 2.16. The molecule has 1 aliphatic rings. The maximum Gasteiger partial charge on any atom is 0.220 e. The van der Waals surface area contributed by atoms with Crippen molar-refractivity contribution in [2.45, 2.75) is 51.9 Å². The van der Waals surface area contributed by atoms with Gasteiger partial charge in [0.1, 0.15) is 0 Å². The van der Waals surface area contributed by atoms with Crippen molar-refractivity contribution < 1.29 is 4.79 Å². The van der Waals surface area contributed by atoms with E-state index in [1.807, 2.05) is 0 Å². The van der Waals surface area contributed by atoms with Gasteiger partial charge in [-0.25, -0.2) is 0 Å². The lowest BCUT2D eigenvalue weighted by molar-refractivity contribution is -0.121. The second kappa shape index (κ2) is 10.2. The molecule has 1 rings (SSSR count). The van der Waals surface area contributed by atoms with Gasteiger partial charge in [-0.2, -0.15) is 0 Å². The number of nitrogens with one attached hydrogen (secondary N) is 1. The first-order valence-corrected chi connectivity index (χ1v) is 7.95. The number of hydrogen-bond acceptors (Lipinski definition) is 3. The topological polar surface area (TPSA) is 58.4 Å². The van der Waals surface area contributed by atoms with E-state index < -0.39 is 0 Å². The Labute approximate surface area is 118 Å². The fraction of sp³-hybridized carbons (Fsp3) is 0.933. The molecule has 0 aromatic rings. The van der Waals surface area contributed by atoms with E-state index in [2.05, 4.69) is 17.1 Å². The number of carbonyl (C=O) groups excluding carboxylic acids is 1. The summed E-state index contributed by atoms with van der Waals surface area (Å²) in [6.07, 6.45) is 7.69. The summed E-state index contributed by atoms with van der Waals surface area (Å²) in [5, 5.41) is 3.04. The summed E-state index contributed by atoms with van der Waals surface area (Å²) in [7, 11) is 0. The van der Waals surface area contributed by atoms with Crippen molar-refractivity contribution >= 4 is 5.91 Å². The van der Waals surface area contributed by atoms with Crippen LogP contribution in [0.15, 0.2) is 0 Å². The molecular formula is C15H31N3O. The minimum Gasteiger partial charge on any atom is -0.355 e. The fourth-order valence-corrected chi connectivity index (χ4v) is 2.86. The number of nitrogens with two attached hydrogens (primary N) is 1. The lowest BCUT2D eigenvalue weighted by Gasteiger charge is -2.16. The van der Waals surface area contributed by atoms with Crippen LogP contribution in [0.5, 0.6) is 0 Å². The predicted molar refractivity (Wildman–Crippen MR) is 80.0 cm³/mol. The highest BCUT2D eigenvalue weighted by molar-refractivity contribution is 5.75. The Bertz CT molecular complexity index is 234. The van der Waals surface area contributed by atoms with Gasteiger partial charge >= 0.3 is 0 Å². The molecule has 1 fully saturated rings. The normalized spacial score (nSPS) is 17.6. The highest BCUT2D eigenvalue weighted by Gasteiger charge is 2.12. The third kappa shape index (κ3) is 7.53. The molecule has 0 radical (unpaired) electrons. The standard InChI is InChI=1S/C15H31N3O/c1-2-5-14(8-9-16)6-7-15(19)17-10-13-18-11-3-4-12-18/h14H,2-13,16H2,1H3,(H,17,19). The summed E-state index contributed by atoms with van der Waals surface area (Å²) in [6.45, 7) is 7.14. The van der Waals surface area contributed by atoms with Gasteiger partial charge < -0.3 is 16.0 Å². The molecule has 1 atom stereocenters. The SMILES string of the molecule is CCCC(CCN)CCC(=O)NCCN1CCCC1. The number of rotatable bonds is 10. The molecule has 1 heterocycles. The van der Waals surface area contributed by atoms with Crippen LogP contribution < -0.4 is 11.1 Å².